The summed E-state index contributed by atoms with van der Waals surface area (Å²) in [6.07, 6.45) is 3.67. The summed E-state index contributed by atoms with van der Waals surface area (Å²) < 4.78 is 27.1. The second-order valence-electron chi connectivity index (χ2n) is 3.39. The molecule has 1 aromatic rings. The highest BCUT2D eigenvalue weighted by Gasteiger charge is 2.24. The maximum absolute atomic E-state index is 11.9. The van der Waals surface area contributed by atoms with E-state index in [4.69, 9.17) is 13.6 Å². The van der Waals surface area contributed by atoms with Crippen molar-refractivity contribution in [2.24, 2.45) is 0 Å². The Morgan fingerprint density at radius 3 is 2.22 bits per heavy atom. The minimum Gasteiger partial charge on any atom is -0.287 e. The van der Waals surface area contributed by atoms with Crippen molar-refractivity contribution < 1.29 is 18.1 Å². The Hall–Kier alpha value is -0.930. The Morgan fingerprint density at radius 1 is 1.06 bits per heavy atom. The lowest BCUT2D eigenvalue weighted by Crippen LogP contribution is -2.00. The summed E-state index contributed by atoms with van der Waals surface area (Å²) in [5, 5.41) is 0. The van der Waals surface area contributed by atoms with Crippen molar-refractivity contribution in [1.29, 1.82) is 0 Å². The number of phosphoric ester groups is 1. The van der Waals surface area contributed by atoms with Crippen molar-refractivity contribution >= 4 is 13.9 Å². The molecule has 0 aliphatic heterocycles. The van der Waals surface area contributed by atoms with Crippen LogP contribution < -0.4 is 0 Å². The molecule has 0 aromatic heterocycles. The van der Waals surface area contributed by atoms with Crippen LogP contribution in [0.2, 0.25) is 0 Å². The molecule has 0 atom stereocenters. The Bertz CT molecular complexity index is 393. The first-order valence-corrected chi connectivity index (χ1v) is 7.41. The Kier molecular flexibility index (Phi) is 6.91. The number of rotatable bonds is 8. The molecule has 0 radical (unpaired) electrons. The van der Waals surface area contributed by atoms with Crippen molar-refractivity contribution in [1.82, 2.24) is 0 Å². The Balaban J connectivity index is 2.44. The number of hydrogen-bond acceptors (Lipinski definition) is 4. The molecule has 0 fully saturated rings. The molecule has 0 saturated heterocycles. The SMILES string of the molecule is CCOP(=O)(OCC)OC/C=C/c1ccccc1. The molecule has 1 rings (SSSR count). The van der Waals surface area contributed by atoms with Crippen LogP contribution in [0.1, 0.15) is 19.4 Å². The predicted molar refractivity (Wildman–Crippen MR) is 72.3 cm³/mol. The van der Waals surface area contributed by atoms with Gasteiger partial charge in [0, 0.05) is 0 Å². The molecule has 1 aromatic carbocycles. The van der Waals surface area contributed by atoms with Gasteiger partial charge in [-0.1, -0.05) is 42.5 Å². The molecule has 0 heterocycles. The van der Waals surface area contributed by atoms with Crippen LogP contribution in [-0.2, 0) is 18.1 Å². The highest BCUT2D eigenvalue weighted by molar-refractivity contribution is 7.48. The third-order valence-electron chi connectivity index (χ3n) is 2.01. The van der Waals surface area contributed by atoms with E-state index in [1.54, 1.807) is 19.9 Å². The lowest BCUT2D eigenvalue weighted by molar-refractivity contribution is 0.131. The fourth-order valence-electron chi connectivity index (χ4n) is 1.31. The molecule has 0 aliphatic carbocycles. The third-order valence-corrected chi connectivity index (χ3v) is 3.63. The van der Waals surface area contributed by atoms with Gasteiger partial charge in [-0.2, -0.15) is 0 Å². The minimum absolute atomic E-state index is 0.187. The fraction of sp³-hybridized carbons (Fsp3) is 0.385. The normalized spacial score (nSPS) is 12.1. The largest absolute Gasteiger partial charge is 0.475 e. The summed E-state index contributed by atoms with van der Waals surface area (Å²) in [7, 11) is -3.39. The third kappa shape index (κ3) is 5.61. The zero-order valence-corrected chi connectivity index (χ0v) is 11.6. The molecule has 0 unspecified atom stereocenters. The van der Waals surface area contributed by atoms with Crippen molar-refractivity contribution in [2.75, 3.05) is 19.8 Å². The first kappa shape index (κ1) is 15.1. The lowest BCUT2D eigenvalue weighted by atomic mass is 10.2. The van der Waals surface area contributed by atoms with Gasteiger partial charge >= 0.3 is 7.82 Å². The maximum atomic E-state index is 11.9. The quantitative estimate of drug-likeness (QED) is 0.672. The summed E-state index contributed by atoms with van der Waals surface area (Å²) in [4.78, 5) is 0. The second-order valence-corrected chi connectivity index (χ2v) is 5.06. The van der Waals surface area contributed by atoms with Crippen molar-refractivity contribution in [2.45, 2.75) is 13.8 Å². The highest BCUT2D eigenvalue weighted by Crippen LogP contribution is 2.49. The van der Waals surface area contributed by atoms with Gasteiger partial charge in [0.25, 0.3) is 0 Å². The molecule has 0 saturated carbocycles. The van der Waals surface area contributed by atoms with E-state index in [0.717, 1.165) is 5.56 Å². The molecule has 0 N–H and O–H groups in total. The lowest BCUT2D eigenvalue weighted by Gasteiger charge is -2.14. The minimum atomic E-state index is -3.39. The van der Waals surface area contributed by atoms with Gasteiger partial charge in [-0.25, -0.2) is 4.57 Å². The van der Waals surface area contributed by atoms with Crippen LogP contribution in [-0.4, -0.2) is 19.8 Å². The molecule has 0 spiro atoms. The summed E-state index contributed by atoms with van der Waals surface area (Å²) in [5.41, 5.74) is 1.06. The zero-order chi connectivity index (χ0) is 13.3. The predicted octanol–water partition coefficient (Wildman–Crippen LogP) is 3.90. The van der Waals surface area contributed by atoms with E-state index in [0.29, 0.717) is 13.2 Å². The number of phosphoric acid groups is 1. The van der Waals surface area contributed by atoms with Crippen LogP contribution in [0.25, 0.3) is 6.08 Å². The average Bonchev–Trinajstić information content (AvgIpc) is 2.37. The van der Waals surface area contributed by atoms with Gasteiger partial charge < -0.3 is 0 Å². The summed E-state index contributed by atoms with van der Waals surface area (Å²) in [6.45, 7) is 4.26. The molecule has 100 valence electrons. The van der Waals surface area contributed by atoms with Gasteiger partial charge in [-0.3, -0.25) is 13.6 Å². The Labute approximate surface area is 108 Å². The average molecular weight is 270 g/mol. The second kappa shape index (κ2) is 8.22. The molecule has 18 heavy (non-hydrogen) atoms. The molecule has 4 nitrogen and oxygen atoms in total. The molecule has 0 aliphatic rings. The van der Waals surface area contributed by atoms with Gasteiger partial charge in [-0.15, -0.1) is 0 Å². The van der Waals surface area contributed by atoms with Gasteiger partial charge in [0.2, 0.25) is 0 Å². The van der Waals surface area contributed by atoms with Crippen LogP contribution in [0.5, 0.6) is 0 Å². The van der Waals surface area contributed by atoms with Gasteiger partial charge in [0.15, 0.2) is 0 Å². The summed E-state index contributed by atoms with van der Waals surface area (Å²) >= 11 is 0. The number of benzene rings is 1. The van der Waals surface area contributed by atoms with Crippen LogP contribution in [0.3, 0.4) is 0 Å². The molecular formula is C13H19O4P. The maximum Gasteiger partial charge on any atom is 0.475 e. The highest BCUT2D eigenvalue weighted by atomic mass is 31.2. The van der Waals surface area contributed by atoms with E-state index >= 15 is 0 Å². The van der Waals surface area contributed by atoms with Gasteiger partial charge in [-0.05, 0) is 19.4 Å². The van der Waals surface area contributed by atoms with E-state index in [2.05, 4.69) is 0 Å². The van der Waals surface area contributed by atoms with Crippen LogP contribution in [0.4, 0.5) is 0 Å². The van der Waals surface area contributed by atoms with E-state index in [1.165, 1.54) is 0 Å². The van der Waals surface area contributed by atoms with Crippen LogP contribution in [0.15, 0.2) is 36.4 Å². The van der Waals surface area contributed by atoms with Crippen LogP contribution in [0, 0.1) is 0 Å². The van der Waals surface area contributed by atoms with E-state index in [1.807, 2.05) is 36.4 Å². The van der Waals surface area contributed by atoms with Crippen molar-refractivity contribution in [3.63, 3.8) is 0 Å². The first-order chi connectivity index (χ1) is 8.70. The van der Waals surface area contributed by atoms with E-state index < -0.39 is 7.82 Å². The van der Waals surface area contributed by atoms with Gasteiger partial charge in [0.05, 0.1) is 19.8 Å². The smallest absolute Gasteiger partial charge is 0.287 e. The standard InChI is InChI=1S/C13H19O4P/c1-3-15-18(14,16-4-2)17-12-8-11-13-9-6-5-7-10-13/h5-11H,3-4,12H2,1-2H3/b11-8+. The topological polar surface area (TPSA) is 44.8 Å². The first-order valence-electron chi connectivity index (χ1n) is 5.95. The summed E-state index contributed by atoms with van der Waals surface area (Å²) in [6, 6.07) is 9.80. The number of hydrogen-bond donors (Lipinski definition) is 0. The molecule has 5 heteroatoms. The Morgan fingerprint density at radius 2 is 1.67 bits per heavy atom. The fourth-order valence-corrected chi connectivity index (χ4v) is 2.44. The monoisotopic (exact) mass is 270 g/mol. The molecule has 0 bridgehead atoms. The molecular weight excluding hydrogens is 251 g/mol. The van der Waals surface area contributed by atoms with Crippen molar-refractivity contribution in [3.8, 4) is 0 Å². The van der Waals surface area contributed by atoms with Gasteiger partial charge in [0.1, 0.15) is 0 Å². The van der Waals surface area contributed by atoms with E-state index in [-0.39, 0.29) is 6.61 Å². The van der Waals surface area contributed by atoms with E-state index in [9.17, 15) is 4.57 Å². The zero-order valence-electron chi connectivity index (χ0n) is 10.7. The summed E-state index contributed by atoms with van der Waals surface area (Å²) in [5.74, 6) is 0. The van der Waals surface area contributed by atoms with Crippen LogP contribution >= 0.6 is 7.82 Å². The van der Waals surface area contributed by atoms with Crippen molar-refractivity contribution in [3.05, 3.63) is 42.0 Å². The molecule has 0 amide bonds.